The van der Waals surface area contributed by atoms with Gasteiger partial charge in [0.1, 0.15) is 5.82 Å². The van der Waals surface area contributed by atoms with E-state index in [0.29, 0.717) is 34.5 Å². The van der Waals surface area contributed by atoms with Crippen LogP contribution in [0, 0.1) is 19.7 Å². The number of halogens is 1. The summed E-state index contributed by atoms with van der Waals surface area (Å²) in [5.41, 5.74) is 3.19. The number of aromatic nitrogens is 4. The van der Waals surface area contributed by atoms with E-state index >= 15 is 0 Å². The van der Waals surface area contributed by atoms with Crippen molar-refractivity contribution in [3.63, 3.8) is 0 Å². The first-order valence-corrected chi connectivity index (χ1v) is 10.7. The average Bonchev–Trinajstić information content (AvgIpc) is 3.23. The molecule has 2 heterocycles. The molecule has 4 rings (SSSR count). The highest BCUT2D eigenvalue weighted by molar-refractivity contribution is 7.99. The molecule has 0 radical (unpaired) electrons. The molecular weight excluding hydrogens is 429 g/mol. The van der Waals surface area contributed by atoms with Gasteiger partial charge in [0.2, 0.25) is 17.6 Å². The van der Waals surface area contributed by atoms with Crippen molar-refractivity contribution in [2.75, 3.05) is 5.32 Å². The summed E-state index contributed by atoms with van der Waals surface area (Å²) in [7, 11) is 0. The smallest absolute Gasteiger partial charge is 0.227 e. The molecule has 0 unspecified atom stereocenters. The number of anilines is 1. The van der Waals surface area contributed by atoms with Gasteiger partial charge in [0, 0.05) is 40.4 Å². The molecule has 32 heavy (non-hydrogen) atoms. The fourth-order valence-electron chi connectivity index (χ4n) is 2.97. The lowest BCUT2D eigenvalue weighted by Gasteiger charge is -2.06. The van der Waals surface area contributed by atoms with Crippen LogP contribution < -0.4 is 5.32 Å². The number of aryl methyl sites for hydroxylation is 3. The lowest BCUT2D eigenvalue weighted by atomic mass is 10.2. The molecule has 0 spiro atoms. The summed E-state index contributed by atoms with van der Waals surface area (Å²) in [6.07, 6.45) is 0.496. The molecule has 0 saturated heterocycles. The Morgan fingerprint density at radius 2 is 1.69 bits per heavy atom. The Hall–Kier alpha value is -3.59. The SMILES string of the molecule is Cc1cc(C)nc(Sc2ccc(NC(=O)CCc3nc(-c4ccc(F)cc4)no3)cc2)n1. The van der Waals surface area contributed by atoms with E-state index in [1.807, 2.05) is 44.2 Å². The lowest BCUT2D eigenvalue weighted by Crippen LogP contribution is -2.12. The molecule has 0 aliphatic heterocycles. The van der Waals surface area contributed by atoms with E-state index in [2.05, 4.69) is 25.4 Å². The number of nitrogens with one attached hydrogen (secondary N) is 1. The molecule has 2 aromatic carbocycles. The van der Waals surface area contributed by atoms with Crippen LogP contribution in [0.1, 0.15) is 23.7 Å². The number of hydrogen-bond donors (Lipinski definition) is 1. The molecule has 1 amide bonds. The summed E-state index contributed by atoms with van der Waals surface area (Å²) in [5.74, 6) is 0.213. The molecule has 0 aliphatic rings. The number of benzene rings is 2. The van der Waals surface area contributed by atoms with Crippen molar-refractivity contribution in [1.82, 2.24) is 20.1 Å². The highest BCUT2D eigenvalue weighted by Gasteiger charge is 2.11. The Bertz CT molecular complexity index is 1210. The van der Waals surface area contributed by atoms with Crippen molar-refractivity contribution in [3.8, 4) is 11.4 Å². The number of carbonyl (C=O) groups excluding carboxylic acids is 1. The third-order valence-corrected chi connectivity index (χ3v) is 5.32. The predicted octanol–water partition coefficient (Wildman–Crippen LogP) is 5.01. The minimum absolute atomic E-state index is 0.162. The largest absolute Gasteiger partial charge is 0.339 e. The highest BCUT2D eigenvalue weighted by Crippen LogP contribution is 2.26. The zero-order valence-corrected chi connectivity index (χ0v) is 18.3. The average molecular weight is 450 g/mol. The Balaban J connectivity index is 1.29. The number of carbonyl (C=O) groups is 1. The fraction of sp³-hybridized carbons (Fsp3) is 0.174. The summed E-state index contributed by atoms with van der Waals surface area (Å²) >= 11 is 1.47. The van der Waals surface area contributed by atoms with Crippen LogP contribution in [0.5, 0.6) is 0 Å². The first-order valence-electron chi connectivity index (χ1n) is 9.93. The van der Waals surface area contributed by atoms with Crippen molar-refractivity contribution < 1.29 is 13.7 Å². The standard InChI is InChI=1S/C23H20FN5O2S/c1-14-13-15(2)26-23(25-14)32-19-9-7-18(8-10-19)27-20(30)11-12-21-28-22(29-31-21)16-3-5-17(24)6-4-16/h3-10,13H,11-12H2,1-2H3,(H,27,30). The van der Waals surface area contributed by atoms with Gasteiger partial charge in [-0.1, -0.05) is 5.16 Å². The molecule has 162 valence electrons. The zero-order valence-electron chi connectivity index (χ0n) is 17.5. The van der Waals surface area contributed by atoms with Crippen LogP contribution in [-0.2, 0) is 11.2 Å². The van der Waals surface area contributed by atoms with Crippen LogP contribution in [0.3, 0.4) is 0 Å². The second-order valence-electron chi connectivity index (χ2n) is 7.13. The summed E-state index contributed by atoms with van der Waals surface area (Å²) in [4.78, 5) is 26.4. The van der Waals surface area contributed by atoms with Gasteiger partial charge in [-0.3, -0.25) is 4.79 Å². The lowest BCUT2D eigenvalue weighted by molar-refractivity contribution is -0.116. The van der Waals surface area contributed by atoms with Crippen molar-refractivity contribution in [2.24, 2.45) is 0 Å². The summed E-state index contributed by atoms with van der Waals surface area (Å²) in [6, 6.07) is 15.2. The van der Waals surface area contributed by atoms with Gasteiger partial charge in [0.25, 0.3) is 0 Å². The maximum Gasteiger partial charge on any atom is 0.227 e. The van der Waals surface area contributed by atoms with Gasteiger partial charge < -0.3 is 9.84 Å². The highest BCUT2D eigenvalue weighted by atomic mass is 32.2. The normalized spacial score (nSPS) is 10.8. The predicted molar refractivity (Wildman–Crippen MR) is 119 cm³/mol. The van der Waals surface area contributed by atoms with E-state index in [1.54, 1.807) is 12.1 Å². The van der Waals surface area contributed by atoms with Gasteiger partial charge in [0.05, 0.1) is 0 Å². The second-order valence-corrected chi connectivity index (χ2v) is 8.17. The second kappa shape index (κ2) is 9.69. The summed E-state index contributed by atoms with van der Waals surface area (Å²) < 4.78 is 18.2. The van der Waals surface area contributed by atoms with E-state index in [-0.39, 0.29) is 18.1 Å². The van der Waals surface area contributed by atoms with Crippen LogP contribution >= 0.6 is 11.8 Å². The van der Waals surface area contributed by atoms with Gasteiger partial charge in [-0.05, 0) is 80.2 Å². The Morgan fingerprint density at radius 3 is 2.38 bits per heavy atom. The molecule has 0 fully saturated rings. The van der Waals surface area contributed by atoms with Crippen LogP contribution in [0.4, 0.5) is 10.1 Å². The summed E-state index contributed by atoms with van der Waals surface area (Å²) in [6.45, 7) is 3.88. The van der Waals surface area contributed by atoms with E-state index in [9.17, 15) is 9.18 Å². The minimum atomic E-state index is -0.334. The number of amides is 1. The number of hydrogen-bond acceptors (Lipinski definition) is 7. The molecule has 1 N–H and O–H groups in total. The number of rotatable bonds is 7. The monoisotopic (exact) mass is 449 g/mol. The van der Waals surface area contributed by atoms with Crippen LogP contribution in [0.15, 0.2) is 69.2 Å². The van der Waals surface area contributed by atoms with E-state index in [1.165, 1.54) is 23.9 Å². The Labute approximate surface area is 188 Å². The van der Waals surface area contributed by atoms with Gasteiger partial charge in [-0.15, -0.1) is 0 Å². The zero-order chi connectivity index (χ0) is 22.5. The van der Waals surface area contributed by atoms with Crippen LogP contribution in [-0.4, -0.2) is 26.0 Å². The Kier molecular flexibility index (Phi) is 6.55. The van der Waals surface area contributed by atoms with E-state index in [0.717, 1.165) is 16.3 Å². The first kappa shape index (κ1) is 21.6. The third-order valence-electron chi connectivity index (χ3n) is 4.45. The van der Waals surface area contributed by atoms with E-state index < -0.39 is 0 Å². The number of nitrogens with zero attached hydrogens (tertiary/aromatic N) is 4. The molecule has 4 aromatic rings. The molecule has 9 heteroatoms. The molecule has 2 aromatic heterocycles. The fourth-order valence-corrected chi connectivity index (χ4v) is 3.83. The van der Waals surface area contributed by atoms with Crippen molar-refractivity contribution in [3.05, 3.63) is 77.7 Å². The van der Waals surface area contributed by atoms with E-state index in [4.69, 9.17) is 4.52 Å². The van der Waals surface area contributed by atoms with Gasteiger partial charge in [0.15, 0.2) is 5.16 Å². The molecule has 0 atom stereocenters. The van der Waals surface area contributed by atoms with Gasteiger partial charge in [-0.2, -0.15) is 4.98 Å². The topological polar surface area (TPSA) is 93.8 Å². The third kappa shape index (κ3) is 5.76. The van der Waals surface area contributed by atoms with Crippen LogP contribution in [0.2, 0.25) is 0 Å². The summed E-state index contributed by atoms with van der Waals surface area (Å²) in [5, 5.41) is 7.43. The molecule has 0 aliphatic carbocycles. The first-order chi connectivity index (χ1) is 15.4. The minimum Gasteiger partial charge on any atom is -0.339 e. The molecule has 0 saturated carbocycles. The van der Waals surface area contributed by atoms with Gasteiger partial charge >= 0.3 is 0 Å². The molecule has 7 nitrogen and oxygen atoms in total. The molecular formula is C23H20FN5O2S. The van der Waals surface area contributed by atoms with Crippen molar-refractivity contribution in [2.45, 2.75) is 36.7 Å². The maximum atomic E-state index is 13.0. The Morgan fingerprint density at radius 1 is 1.00 bits per heavy atom. The van der Waals surface area contributed by atoms with Crippen molar-refractivity contribution in [1.29, 1.82) is 0 Å². The van der Waals surface area contributed by atoms with Gasteiger partial charge in [-0.25, -0.2) is 14.4 Å². The maximum absolute atomic E-state index is 13.0. The quantitative estimate of drug-likeness (QED) is 0.397. The molecule has 0 bridgehead atoms. The van der Waals surface area contributed by atoms with Crippen molar-refractivity contribution >= 4 is 23.4 Å². The van der Waals surface area contributed by atoms with Crippen LogP contribution in [0.25, 0.3) is 11.4 Å².